The van der Waals surface area contributed by atoms with Crippen LogP contribution in [0.5, 0.6) is 0 Å². The van der Waals surface area contributed by atoms with E-state index >= 15 is 0 Å². The lowest BCUT2D eigenvalue weighted by molar-refractivity contribution is -0.242. The lowest BCUT2D eigenvalue weighted by Crippen LogP contribution is -2.20. The van der Waals surface area contributed by atoms with Crippen LogP contribution in [-0.2, 0) is 4.89 Å². The molecule has 0 aromatic rings. The Morgan fingerprint density at radius 3 is 1.55 bits per heavy atom. The molecule has 0 fully saturated rings. The Bertz CT molecular complexity index is 175. The highest BCUT2D eigenvalue weighted by Crippen LogP contribution is 2.40. The van der Waals surface area contributed by atoms with E-state index in [1.807, 2.05) is 0 Å². The molecule has 0 saturated heterocycles. The molecule has 2 heteroatoms. The second-order valence-electron chi connectivity index (χ2n) is 6.45. The molecule has 0 unspecified atom stereocenters. The number of hydrogen-bond donors (Lipinski definition) is 1. The highest BCUT2D eigenvalue weighted by Gasteiger charge is 2.26. The Morgan fingerprint density at radius 2 is 1.10 bits per heavy atom. The van der Waals surface area contributed by atoms with Crippen molar-refractivity contribution >= 4 is 0 Å². The second-order valence-corrected chi connectivity index (χ2v) is 6.45. The Morgan fingerprint density at radius 1 is 0.650 bits per heavy atom. The van der Waals surface area contributed by atoms with Crippen molar-refractivity contribution in [3.63, 3.8) is 0 Å². The van der Waals surface area contributed by atoms with Crippen molar-refractivity contribution < 1.29 is 10.1 Å². The van der Waals surface area contributed by atoms with E-state index in [4.69, 9.17) is 5.26 Å². The minimum atomic E-state index is 0.493. The number of hydrogen-bond acceptors (Lipinski definition) is 2. The Balaban J connectivity index is 3.82. The smallest absolute Gasteiger partial charge is 0.0819 e. The molecule has 0 heterocycles. The molecule has 20 heavy (non-hydrogen) atoms. The molecule has 0 radical (unpaired) electrons. The highest BCUT2D eigenvalue weighted by atomic mass is 17.1. The monoisotopic (exact) mass is 286 g/mol. The van der Waals surface area contributed by atoms with Crippen molar-refractivity contribution in [2.24, 2.45) is 5.41 Å². The normalized spacial score (nSPS) is 12.0. The first-order valence-corrected chi connectivity index (χ1v) is 9.01. The molecule has 0 aromatic heterocycles. The van der Waals surface area contributed by atoms with Crippen molar-refractivity contribution in [1.82, 2.24) is 0 Å². The minimum absolute atomic E-state index is 0.493. The van der Waals surface area contributed by atoms with Gasteiger partial charge in [-0.3, -0.25) is 5.26 Å². The van der Waals surface area contributed by atoms with Crippen LogP contribution < -0.4 is 0 Å². The number of unbranched alkanes of at least 4 members (excludes halogenated alkanes) is 5. The standard InChI is InChI=1S/C18H38O2/c1-4-13-18(14-5-2,15-6-3)16-11-9-7-8-10-12-17-20-19/h19H,4-17H2,1-3H3. The maximum atomic E-state index is 8.25. The van der Waals surface area contributed by atoms with E-state index in [-0.39, 0.29) is 0 Å². The maximum absolute atomic E-state index is 8.25. The molecule has 122 valence electrons. The van der Waals surface area contributed by atoms with Crippen LogP contribution in [0.3, 0.4) is 0 Å². The van der Waals surface area contributed by atoms with E-state index in [0.717, 1.165) is 6.42 Å². The lowest BCUT2D eigenvalue weighted by Gasteiger charge is -2.34. The van der Waals surface area contributed by atoms with E-state index in [2.05, 4.69) is 25.7 Å². The molecule has 0 rings (SSSR count). The lowest BCUT2D eigenvalue weighted by atomic mass is 9.72. The van der Waals surface area contributed by atoms with Gasteiger partial charge in [-0.15, -0.1) is 0 Å². The van der Waals surface area contributed by atoms with Gasteiger partial charge in [0.1, 0.15) is 0 Å². The zero-order valence-corrected chi connectivity index (χ0v) is 14.3. The van der Waals surface area contributed by atoms with Gasteiger partial charge in [0.05, 0.1) is 6.61 Å². The van der Waals surface area contributed by atoms with Crippen molar-refractivity contribution in [3.05, 3.63) is 0 Å². The summed E-state index contributed by atoms with van der Waals surface area (Å²) in [5.74, 6) is 0. The summed E-state index contributed by atoms with van der Waals surface area (Å²) in [7, 11) is 0. The third kappa shape index (κ3) is 9.77. The van der Waals surface area contributed by atoms with Gasteiger partial charge in [-0.1, -0.05) is 72.1 Å². The largest absolute Gasteiger partial charge is 0.252 e. The third-order valence-corrected chi connectivity index (χ3v) is 4.53. The van der Waals surface area contributed by atoms with Gasteiger partial charge in [-0.05, 0) is 37.5 Å². The zero-order chi connectivity index (χ0) is 15.1. The fourth-order valence-corrected chi connectivity index (χ4v) is 3.71. The Hall–Kier alpha value is -0.0800. The van der Waals surface area contributed by atoms with Crippen molar-refractivity contribution in [2.75, 3.05) is 6.61 Å². The molecule has 0 aliphatic rings. The van der Waals surface area contributed by atoms with E-state index in [0.29, 0.717) is 12.0 Å². The van der Waals surface area contributed by atoms with Crippen LogP contribution in [0.4, 0.5) is 0 Å². The van der Waals surface area contributed by atoms with E-state index < -0.39 is 0 Å². The summed E-state index contributed by atoms with van der Waals surface area (Å²) >= 11 is 0. The van der Waals surface area contributed by atoms with Crippen LogP contribution >= 0.6 is 0 Å². The average molecular weight is 286 g/mol. The molecule has 0 aliphatic heterocycles. The first kappa shape index (κ1) is 19.9. The topological polar surface area (TPSA) is 29.5 Å². The first-order valence-electron chi connectivity index (χ1n) is 9.01. The molecule has 0 saturated carbocycles. The fraction of sp³-hybridized carbons (Fsp3) is 1.00. The van der Waals surface area contributed by atoms with Gasteiger partial charge in [0.15, 0.2) is 0 Å². The molecular formula is C18H38O2. The predicted octanol–water partition coefficient (Wildman–Crippen LogP) is 6.59. The van der Waals surface area contributed by atoms with Crippen LogP contribution in [0.2, 0.25) is 0 Å². The molecule has 0 atom stereocenters. The van der Waals surface area contributed by atoms with Gasteiger partial charge in [-0.2, -0.15) is 0 Å². The molecule has 0 amide bonds. The van der Waals surface area contributed by atoms with Crippen LogP contribution in [-0.4, -0.2) is 11.9 Å². The minimum Gasteiger partial charge on any atom is -0.252 e. The molecule has 2 nitrogen and oxygen atoms in total. The van der Waals surface area contributed by atoms with E-state index in [9.17, 15) is 0 Å². The molecule has 0 aromatic carbocycles. The third-order valence-electron chi connectivity index (χ3n) is 4.53. The van der Waals surface area contributed by atoms with Crippen LogP contribution in [0.25, 0.3) is 0 Å². The van der Waals surface area contributed by atoms with Gasteiger partial charge >= 0.3 is 0 Å². The molecule has 1 N–H and O–H groups in total. The summed E-state index contributed by atoms with van der Waals surface area (Å²) in [5, 5.41) is 8.25. The van der Waals surface area contributed by atoms with E-state index in [1.165, 1.54) is 77.0 Å². The summed E-state index contributed by atoms with van der Waals surface area (Å²) in [6, 6.07) is 0. The Kier molecular flexibility index (Phi) is 13.8. The van der Waals surface area contributed by atoms with Gasteiger partial charge in [-0.25, -0.2) is 4.89 Å². The number of rotatable bonds is 15. The summed E-state index contributed by atoms with van der Waals surface area (Å²) in [5.41, 5.74) is 0.642. The zero-order valence-electron chi connectivity index (χ0n) is 14.3. The summed E-state index contributed by atoms with van der Waals surface area (Å²) in [6.07, 6.45) is 17.3. The molecule has 0 bridgehead atoms. The van der Waals surface area contributed by atoms with Crippen molar-refractivity contribution in [3.8, 4) is 0 Å². The summed E-state index contributed by atoms with van der Waals surface area (Å²) in [6.45, 7) is 7.50. The molecule has 0 spiro atoms. The Labute approximate surface area is 127 Å². The predicted molar refractivity (Wildman–Crippen MR) is 88.1 cm³/mol. The average Bonchev–Trinajstić information content (AvgIpc) is 2.43. The SMILES string of the molecule is CCCC(CCC)(CCC)CCCCCCCCOO. The molecule has 0 aliphatic carbocycles. The van der Waals surface area contributed by atoms with Gasteiger partial charge < -0.3 is 0 Å². The van der Waals surface area contributed by atoms with Crippen LogP contribution in [0.15, 0.2) is 0 Å². The quantitative estimate of drug-likeness (QED) is 0.209. The molecular weight excluding hydrogens is 248 g/mol. The fourth-order valence-electron chi connectivity index (χ4n) is 3.71. The first-order chi connectivity index (χ1) is 9.74. The highest BCUT2D eigenvalue weighted by molar-refractivity contribution is 4.78. The maximum Gasteiger partial charge on any atom is 0.0819 e. The van der Waals surface area contributed by atoms with E-state index in [1.54, 1.807) is 0 Å². The van der Waals surface area contributed by atoms with Crippen LogP contribution in [0.1, 0.15) is 104 Å². The van der Waals surface area contributed by atoms with Gasteiger partial charge in [0.25, 0.3) is 0 Å². The van der Waals surface area contributed by atoms with Gasteiger partial charge in [0.2, 0.25) is 0 Å². The summed E-state index contributed by atoms with van der Waals surface area (Å²) in [4.78, 5) is 4.09. The van der Waals surface area contributed by atoms with Crippen molar-refractivity contribution in [2.45, 2.75) is 104 Å². The summed E-state index contributed by atoms with van der Waals surface area (Å²) < 4.78 is 0. The van der Waals surface area contributed by atoms with Gasteiger partial charge in [0, 0.05) is 0 Å². The second kappa shape index (κ2) is 13.9. The van der Waals surface area contributed by atoms with Crippen molar-refractivity contribution in [1.29, 1.82) is 0 Å². The van der Waals surface area contributed by atoms with Crippen LogP contribution in [0, 0.1) is 5.41 Å².